The van der Waals surface area contributed by atoms with Gasteiger partial charge in [-0.2, -0.15) is 0 Å². The van der Waals surface area contributed by atoms with E-state index in [1.54, 1.807) is 18.9 Å². The average molecular weight is 252 g/mol. The van der Waals surface area contributed by atoms with Gasteiger partial charge in [-0.15, -0.1) is 11.8 Å². The van der Waals surface area contributed by atoms with Gasteiger partial charge < -0.3 is 10.5 Å². The van der Waals surface area contributed by atoms with Crippen molar-refractivity contribution in [1.29, 1.82) is 5.41 Å². The van der Waals surface area contributed by atoms with E-state index >= 15 is 0 Å². The van der Waals surface area contributed by atoms with Gasteiger partial charge in [0.1, 0.15) is 11.6 Å². The van der Waals surface area contributed by atoms with Gasteiger partial charge in [-0.25, -0.2) is 0 Å². The minimum Gasteiger partial charge on any atom is -0.497 e. The van der Waals surface area contributed by atoms with Gasteiger partial charge in [0.15, 0.2) is 0 Å². The third kappa shape index (κ3) is 4.30. The van der Waals surface area contributed by atoms with Crippen LogP contribution < -0.4 is 10.5 Å². The first kappa shape index (κ1) is 13.9. The fourth-order valence-corrected chi connectivity index (χ4v) is 2.72. The molecule has 0 saturated heterocycles. The predicted octanol–water partition coefficient (Wildman–Crippen LogP) is 3.12. The van der Waals surface area contributed by atoms with Crippen molar-refractivity contribution in [3.63, 3.8) is 0 Å². The number of rotatable bonds is 6. The predicted molar refractivity (Wildman–Crippen MR) is 74.2 cm³/mol. The van der Waals surface area contributed by atoms with E-state index in [-0.39, 0.29) is 5.84 Å². The molecule has 0 spiro atoms. The molecule has 0 amide bonds. The van der Waals surface area contributed by atoms with Crippen LogP contribution in [0.15, 0.2) is 23.1 Å². The number of nitrogens with one attached hydrogen (secondary N) is 1. The molecule has 0 heterocycles. The largest absolute Gasteiger partial charge is 0.497 e. The Labute approximate surface area is 107 Å². The van der Waals surface area contributed by atoms with Gasteiger partial charge in [-0.1, -0.05) is 13.8 Å². The first-order chi connectivity index (χ1) is 8.04. The van der Waals surface area contributed by atoms with Gasteiger partial charge in [-0.3, -0.25) is 5.41 Å². The lowest BCUT2D eigenvalue weighted by Crippen LogP contribution is -2.12. The van der Waals surface area contributed by atoms with Gasteiger partial charge in [0.2, 0.25) is 0 Å². The average Bonchev–Trinajstić information content (AvgIpc) is 2.28. The molecule has 0 aliphatic heterocycles. The van der Waals surface area contributed by atoms with E-state index in [9.17, 15) is 0 Å². The van der Waals surface area contributed by atoms with Crippen LogP contribution in [0, 0.1) is 11.3 Å². The van der Waals surface area contributed by atoms with Crippen LogP contribution >= 0.6 is 11.8 Å². The topological polar surface area (TPSA) is 59.1 Å². The Balaban J connectivity index is 2.82. The lowest BCUT2D eigenvalue weighted by atomic mass is 10.2. The highest BCUT2D eigenvalue weighted by atomic mass is 32.2. The fourth-order valence-electron chi connectivity index (χ4n) is 1.38. The van der Waals surface area contributed by atoms with Gasteiger partial charge in [0.05, 0.1) is 7.11 Å². The molecule has 4 heteroatoms. The summed E-state index contributed by atoms with van der Waals surface area (Å²) in [6.45, 7) is 4.41. The van der Waals surface area contributed by atoms with Crippen LogP contribution in [0.5, 0.6) is 5.75 Å². The van der Waals surface area contributed by atoms with Crippen molar-refractivity contribution in [2.24, 2.45) is 11.7 Å². The molecule has 0 aromatic heterocycles. The lowest BCUT2D eigenvalue weighted by molar-refractivity contribution is 0.413. The molecule has 1 aromatic carbocycles. The maximum Gasteiger partial charge on any atom is 0.123 e. The first-order valence-corrected chi connectivity index (χ1v) is 6.68. The molecule has 1 rings (SSSR count). The van der Waals surface area contributed by atoms with Crippen LogP contribution in [0.1, 0.15) is 25.8 Å². The summed E-state index contributed by atoms with van der Waals surface area (Å²) in [6.07, 6.45) is 1.15. The van der Waals surface area contributed by atoms with Crippen LogP contribution in [-0.4, -0.2) is 18.7 Å². The van der Waals surface area contributed by atoms with E-state index in [1.165, 1.54) is 0 Å². The number of hydrogen-bond donors (Lipinski definition) is 2. The molecule has 0 fully saturated rings. The van der Waals surface area contributed by atoms with Crippen molar-refractivity contribution in [2.45, 2.75) is 25.2 Å². The highest BCUT2D eigenvalue weighted by Crippen LogP contribution is 2.28. The standard InChI is InChI=1S/C13H20N2OS/c1-9(2)6-7-17-12-8-10(16-3)4-5-11(12)13(14)15/h4-5,8-9H,6-7H2,1-3H3,(H3,14,15). The normalized spacial score (nSPS) is 10.6. The molecule has 94 valence electrons. The molecule has 0 atom stereocenters. The minimum absolute atomic E-state index is 0.111. The smallest absolute Gasteiger partial charge is 0.123 e. The van der Waals surface area contributed by atoms with Gasteiger partial charge in [0.25, 0.3) is 0 Å². The van der Waals surface area contributed by atoms with Crippen LogP contribution in [0.3, 0.4) is 0 Å². The van der Waals surface area contributed by atoms with Crippen molar-refractivity contribution >= 4 is 17.6 Å². The Morgan fingerprint density at radius 2 is 2.18 bits per heavy atom. The summed E-state index contributed by atoms with van der Waals surface area (Å²) in [6, 6.07) is 5.63. The summed E-state index contributed by atoms with van der Waals surface area (Å²) in [5.74, 6) is 2.64. The Morgan fingerprint density at radius 1 is 1.47 bits per heavy atom. The molecule has 1 aromatic rings. The second-order valence-electron chi connectivity index (χ2n) is 4.31. The summed E-state index contributed by atoms with van der Waals surface area (Å²) in [4.78, 5) is 1.03. The number of ether oxygens (including phenoxy) is 1. The van der Waals surface area contributed by atoms with Crippen molar-refractivity contribution in [2.75, 3.05) is 12.9 Å². The molecule has 3 nitrogen and oxygen atoms in total. The van der Waals surface area contributed by atoms with Gasteiger partial charge >= 0.3 is 0 Å². The van der Waals surface area contributed by atoms with Gasteiger partial charge in [-0.05, 0) is 36.3 Å². The zero-order valence-electron chi connectivity index (χ0n) is 10.6. The molecule has 0 aliphatic carbocycles. The Morgan fingerprint density at radius 3 is 2.71 bits per heavy atom. The summed E-state index contributed by atoms with van der Waals surface area (Å²) in [7, 11) is 1.64. The van der Waals surface area contributed by atoms with Crippen molar-refractivity contribution in [3.8, 4) is 5.75 Å². The van der Waals surface area contributed by atoms with E-state index in [0.717, 1.165) is 28.4 Å². The van der Waals surface area contributed by atoms with E-state index in [4.69, 9.17) is 15.9 Å². The van der Waals surface area contributed by atoms with Gasteiger partial charge in [0, 0.05) is 10.5 Å². The second kappa shape index (κ2) is 6.55. The molecule has 3 N–H and O–H groups in total. The quantitative estimate of drug-likeness (QED) is 0.464. The molecule has 0 unspecified atom stereocenters. The van der Waals surface area contributed by atoms with E-state index in [2.05, 4.69) is 13.8 Å². The number of thioether (sulfide) groups is 1. The third-order valence-electron chi connectivity index (χ3n) is 2.43. The third-order valence-corrected chi connectivity index (χ3v) is 3.52. The zero-order chi connectivity index (χ0) is 12.8. The van der Waals surface area contributed by atoms with Crippen LogP contribution in [0.4, 0.5) is 0 Å². The molecular formula is C13H20N2OS. The van der Waals surface area contributed by atoms with E-state index in [0.29, 0.717) is 5.92 Å². The summed E-state index contributed by atoms with van der Waals surface area (Å²) < 4.78 is 5.19. The second-order valence-corrected chi connectivity index (χ2v) is 5.44. The Hall–Kier alpha value is -1.16. The van der Waals surface area contributed by atoms with Crippen molar-refractivity contribution in [1.82, 2.24) is 0 Å². The molecule has 0 bridgehead atoms. The van der Waals surface area contributed by atoms with Crippen LogP contribution in [0.2, 0.25) is 0 Å². The first-order valence-electron chi connectivity index (χ1n) is 5.69. The molecule has 0 saturated carbocycles. The maximum atomic E-state index is 7.55. The Bertz CT molecular complexity index is 391. The summed E-state index contributed by atoms with van der Waals surface area (Å²) in [5, 5.41) is 7.55. The van der Waals surface area contributed by atoms with Crippen LogP contribution in [0.25, 0.3) is 0 Å². The number of methoxy groups -OCH3 is 1. The number of nitrogen functional groups attached to an aromatic ring is 1. The van der Waals surface area contributed by atoms with E-state index in [1.807, 2.05) is 18.2 Å². The monoisotopic (exact) mass is 252 g/mol. The zero-order valence-corrected chi connectivity index (χ0v) is 11.4. The number of benzene rings is 1. The highest BCUT2D eigenvalue weighted by Gasteiger charge is 2.08. The van der Waals surface area contributed by atoms with Crippen molar-refractivity contribution < 1.29 is 4.74 Å². The van der Waals surface area contributed by atoms with Crippen molar-refractivity contribution in [3.05, 3.63) is 23.8 Å². The van der Waals surface area contributed by atoms with Crippen LogP contribution in [-0.2, 0) is 0 Å². The number of hydrogen-bond acceptors (Lipinski definition) is 3. The van der Waals surface area contributed by atoms with E-state index < -0.39 is 0 Å². The summed E-state index contributed by atoms with van der Waals surface area (Å²) >= 11 is 1.73. The highest BCUT2D eigenvalue weighted by molar-refractivity contribution is 7.99. The molecular weight excluding hydrogens is 232 g/mol. The number of nitrogens with two attached hydrogens (primary N) is 1. The molecule has 0 aliphatic rings. The maximum absolute atomic E-state index is 7.55. The molecule has 17 heavy (non-hydrogen) atoms. The fraction of sp³-hybridized carbons (Fsp3) is 0.462. The SMILES string of the molecule is COc1ccc(C(=N)N)c(SCCC(C)C)c1. The summed E-state index contributed by atoms with van der Waals surface area (Å²) in [5.41, 5.74) is 6.36. The lowest BCUT2D eigenvalue weighted by Gasteiger charge is -2.10. The molecule has 0 radical (unpaired) electrons. The Kier molecular flexibility index (Phi) is 5.35. The minimum atomic E-state index is 0.111. The number of amidine groups is 1.